The summed E-state index contributed by atoms with van der Waals surface area (Å²) in [5.41, 5.74) is 0.379. The number of aliphatic hydroxyl groups excluding tert-OH is 1. The first-order valence-electron chi connectivity index (χ1n) is 7.64. The SMILES string of the molecule is C[C@H](NC(=O)O)c1ccc(C(=O)N[C@H]2CC[C@H](O)CC2)c(F)c1. The molecule has 0 spiro atoms. The van der Waals surface area contributed by atoms with Crippen LogP contribution < -0.4 is 10.6 Å². The second-order valence-corrected chi connectivity index (χ2v) is 5.89. The monoisotopic (exact) mass is 324 g/mol. The van der Waals surface area contributed by atoms with Crippen molar-refractivity contribution in [3.63, 3.8) is 0 Å². The van der Waals surface area contributed by atoms with E-state index in [1.165, 1.54) is 18.2 Å². The molecule has 4 N–H and O–H groups in total. The van der Waals surface area contributed by atoms with Gasteiger partial charge in [0.15, 0.2) is 0 Å². The fraction of sp³-hybridized carbons (Fsp3) is 0.500. The summed E-state index contributed by atoms with van der Waals surface area (Å²) < 4.78 is 14.1. The van der Waals surface area contributed by atoms with Gasteiger partial charge in [0.05, 0.1) is 17.7 Å². The smallest absolute Gasteiger partial charge is 0.405 e. The Labute approximate surface area is 133 Å². The molecule has 1 aliphatic rings. The van der Waals surface area contributed by atoms with E-state index in [-0.39, 0.29) is 17.7 Å². The lowest BCUT2D eigenvalue weighted by Gasteiger charge is -2.26. The summed E-state index contributed by atoms with van der Waals surface area (Å²) in [4.78, 5) is 22.8. The fourth-order valence-corrected chi connectivity index (χ4v) is 2.74. The summed E-state index contributed by atoms with van der Waals surface area (Å²) in [5.74, 6) is -1.18. The molecule has 0 unspecified atom stereocenters. The lowest BCUT2D eigenvalue weighted by Crippen LogP contribution is -2.38. The Kier molecular flexibility index (Phi) is 5.54. The van der Waals surface area contributed by atoms with E-state index in [4.69, 9.17) is 5.11 Å². The minimum absolute atomic E-state index is 0.0578. The van der Waals surface area contributed by atoms with Gasteiger partial charge < -0.3 is 20.8 Å². The fourth-order valence-electron chi connectivity index (χ4n) is 2.74. The van der Waals surface area contributed by atoms with Crippen LogP contribution in [0.3, 0.4) is 0 Å². The topological polar surface area (TPSA) is 98.7 Å². The maximum Gasteiger partial charge on any atom is 0.405 e. The van der Waals surface area contributed by atoms with Crippen LogP contribution in [-0.4, -0.2) is 34.4 Å². The second kappa shape index (κ2) is 7.41. The van der Waals surface area contributed by atoms with Crippen molar-refractivity contribution in [3.8, 4) is 0 Å². The third-order valence-electron chi connectivity index (χ3n) is 4.11. The zero-order valence-electron chi connectivity index (χ0n) is 12.9. The molecule has 0 heterocycles. The van der Waals surface area contributed by atoms with Crippen molar-refractivity contribution in [2.45, 2.75) is 50.8 Å². The van der Waals surface area contributed by atoms with E-state index >= 15 is 0 Å². The highest BCUT2D eigenvalue weighted by atomic mass is 19.1. The lowest BCUT2D eigenvalue weighted by atomic mass is 9.93. The number of halogens is 1. The van der Waals surface area contributed by atoms with Crippen LogP contribution in [0, 0.1) is 5.82 Å². The Morgan fingerprint density at radius 3 is 2.48 bits per heavy atom. The van der Waals surface area contributed by atoms with Crippen LogP contribution in [0.15, 0.2) is 18.2 Å². The molecule has 1 atom stereocenters. The molecule has 1 aliphatic carbocycles. The number of carboxylic acid groups (broad SMARTS) is 1. The van der Waals surface area contributed by atoms with Gasteiger partial charge in [0.1, 0.15) is 5.82 Å². The first-order chi connectivity index (χ1) is 10.9. The van der Waals surface area contributed by atoms with Crippen LogP contribution in [0.2, 0.25) is 0 Å². The van der Waals surface area contributed by atoms with Crippen LogP contribution >= 0.6 is 0 Å². The Balaban J connectivity index is 2.02. The molecule has 126 valence electrons. The van der Waals surface area contributed by atoms with Crippen molar-refractivity contribution < 1.29 is 24.2 Å². The third kappa shape index (κ3) is 4.66. The molecule has 2 rings (SSSR count). The van der Waals surface area contributed by atoms with Gasteiger partial charge in [0.25, 0.3) is 5.91 Å². The normalized spacial score (nSPS) is 22.2. The number of amides is 2. The molecule has 2 amide bonds. The Bertz CT molecular complexity index is 585. The Morgan fingerprint density at radius 1 is 1.26 bits per heavy atom. The highest BCUT2D eigenvalue weighted by Crippen LogP contribution is 2.20. The maximum atomic E-state index is 14.1. The standard InChI is InChI=1S/C16H21FN2O4/c1-9(18-16(22)23)10-2-7-13(14(17)8-10)15(21)19-11-3-5-12(20)6-4-11/h2,7-9,11-12,18,20H,3-6H2,1H3,(H,19,21)(H,22,23)/t9-,11-,12-/m0/s1. The average Bonchev–Trinajstić information content (AvgIpc) is 2.48. The minimum Gasteiger partial charge on any atom is -0.465 e. The molecular formula is C16H21FN2O4. The van der Waals surface area contributed by atoms with Crippen LogP contribution in [0.5, 0.6) is 0 Å². The van der Waals surface area contributed by atoms with Gasteiger partial charge in [0, 0.05) is 6.04 Å². The number of nitrogens with one attached hydrogen (secondary N) is 2. The number of benzene rings is 1. The van der Waals surface area contributed by atoms with Crippen LogP contribution in [0.1, 0.15) is 54.6 Å². The number of rotatable bonds is 4. The molecule has 1 aromatic carbocycles. The zero-order chi connectivity index (χ0) is 17.0. The van der Waals surface area contributed by atoms with Crippen LogP contribution in [-0.2, 0) is 0 Å². The van der Waals surface area contributed by atoms with E-state index in [2.05, 4.69) is 10.6 Å². The summed E-state index contributed by atoms with van der Waals surface area (Å²) >= 11 is 0. The molecule has 1 aromatic rings. The average molecular weight is 324 g/mol. The van der Waals surface area contributed by atoms with Gasteiger partial charge in [-0.15, -0.1) is 0 Å². The summed E-state index contributed by atoms with van der Waals surface area (Å²) in [6, 6.07) is 3.43. The number of carbonyl (C=O) groups excluding carboxylic acids is 1. The number of hydrogen-bond acceptors (Lipinski definition) is 3. The quantitative estimate of drug-likeness (QED) is 0.682. The molecule has 0 aromatic heterocycles. The molecule has 6 nitrogen and oxygen atoms in total. The number of hydrogen-bond donors (Lipinski definition) is 4. The van der Waals surface area contributed by atoms with Crippen molar-refractivity contribution in [3.05, 3.63) is 35.1 Å². The van der Waals surface area contributed by atoms with Crippen molar-refractivity contribution in [2.75, 3.05) is 0 Å². The number of aliphatic hydroxyl groups is 1. The predicted molar refractivity (Wildman–Crippen MR) is 81.7 cm³/mol. The highest BCUT2D eigenvalue weighted by molar-refractivity contribution is 5.94. The predicted octanol–water partition coefficient (Wildman–Crippen LogP) is 2.19. The molecule has 0 radical (unpaired) electrons. The third-order valence-corrected chi connectivity index (χ3v) is 4.11. The maximum absolute atomic E-state index is 14.1. The van der Waals surface area contributed by atoms with Crippen molar-refractivity contribution in [1.29, 1.82) is 0 Å². The summed E-state index contributed by atoms with van der Waals surface area (Å²) in [5, 5.41) is 23.1. The summed E-state index contributed by atoms with van der Waals surface area (Å²) in [6.45, 7) is 1.59. The van der Waals surface area contributed by atoms with Crippen molar-refractivity contribution in [2.24, 2.45) is 0 Å². The first-order valence-corrected chi connectivity index (χ1v) is 7.64. The Hall–Kier alpha value is -2.15. The van der Waals surface area contributed by atoms with Gasteiger partial charge in [-0.25, -0.2) is 9.18 Å². The van der Waals surface area contributed by atoms with Gasteiger partial charge in [-0.1, -0.05) is 6.07 Å². The van der Waals surface area contributed by atoms with E-state index < -0.39 is 23.9 Å². The van der Waals surface area contributed by atoms with E-state index in [9.17, 15) is 19.1 Å². The highest BCUT2D eigenvalue weighted by Gasteiger charge is 2.22. The van der Waals surface area contributed by atoms with Gasteiger partial charge >= 0.3 is 6.09 Å². The van der Waals surface area contributed by atoms with Crippen LogP contribution in [0.4, 0.5) is 9.18 Å². The molecule has 1 saturated carbocycles. The molecule has 0 saturated heterocycles. The first kappa shape index (κ1) is 17.2. The van der Waals surface area contributed by atoms with Gasteiger partial charge in [-0.2, -0.15) is 0 Å². The van der Waals surface area contributed by atoms with Crippen molar-refractivity contribution in [1.82, 2.24) is 10.6 Å². The molecule has 0 aliphatic heterocycles. The minimum atomic E-state index is -1.20. The molecule has 1 fully saturated rings. The van der Waals surface area contributed by atoms with Crippen molar-refractivity contribution >= 4 is 12.0 Å². The van der Waals surface area contributed by atoms with Crippen LogP contribution in [0.25, 0.3) is 0 Å². The van der Waals surface area contributed by atoms with E-state index in [0.29, 0.717) is 31.2 Å². The number of carbonyl (C=O) groups is 2. The zero-order valence-corrected chi connectivity index (χ0v) is 12.9. The largest absolute Gasteiger partial charge is 0.465 e. The molecule has 7 heteroatoms. The van der Waals surface area contributed by atoms with E-state index in [1.54, 1.807) is 6.92 Å². The molecular weight excluding hydrogens is 303 g/mol. The Morgan fingerprint density at radius 2 is 1.91 bits per heavy atom. The van der Waals surface area contributed by atoms with Gasteiger partial charge in [0.2, 0.25) is 0 Å². The van der Waals surface area contributed by atoms with E-state index in [1.807, 2.05) is 0 Å². The van der Waals surface area contributed by atoms with Gasteiger partial charge in [-0.3, -0.25) is 4.79 Å². The van der Waals surface area contributed by atoms with E-state index in [0.717, 1.165) is 0 Å². The van der Waals surface area contributed by atoms with Gasteiger partial charge in [-0.05, 0) is 50.3 Å². The molecule has 23 heavy (non-hydrogen) atoms. The second-order valence-electron chi connectivity index (χ2n) is 5.89. The lowest BCUT2D eigenvalue weighted by molar-refractivity contribution is 0.0864. The molecule has 0 bridgehead atoms. The summed E-state index contributed by atoms with van der Waals surface area (Å²) in [7, 11) is 0. The summed E-state index contributed by atoms with van der Waals surface area (Å²) in [6.07, 6.45) is 1.09.